The molecule has 0 aromatic rings. The maximum Gasteiger partial charge on any atom is 0.268 e. The molecule has 0 amide bonds. The molecule has 0 rings (SSSR count). The van der Waals surface area contributed by atoms with Crippen molar-refractivity contribution in [2.75, 3.05) is 67.8 Å². The molecule has 2 unspecified atom stereocenters. The number of hydrogen-bond acceptors (Lipinski definition) is 6. The van der Waals surface area contributed by atoms with E-state index >= 15 is 4.39 Å². The zero-order valence-electron chi connectivity index (χ0n) is 24.8. The minimum Gasteiger partial charge on any atom is -0.756 e. The Labute approximate surface area is 228 Å². The molecule has 0 saturated carbocycles. The molecule has 2 atom stereocenters. The second-order valence-electron chi connectivity index (χ2n) is 11.5. The summed E-state index contributed by atoms with van der Waals surface area (Å²) in [4.78, 5) is 11.9. The van der Waals surface area contributed by atoms with Crippen LogP contribution < -0.4 is 4.89 Å². The lowest BCUT2D eigenvalue weighted by molar-refractivity contribution is -0.870. The number of likely N-dealkylation sites (N-methyl/N-ethyl adjacent to an activating group) is 1. The first-order chi connectivity index (χ1) is 17.5. The Morgan fingerprint density at radius 2 is 1.16 bits per heavy atom. The Bertz CT molecular complexity index is 563. The van der Waals surface area contributed by atoms with E-state index in [9.17, 15) is 9.46 Å². The van der Waals surface area contributed by atoms with Crippen LogP contribution in [0.4, 0.5) is 4.39 Å². The van der Waals surface area contributed by atoms with Gasteiger partial charge in [-0.3, -0.25) is 4.57 Å². The standard InChI is InChI=1S/C28H59FNO6P/c1-6-7-8-9-10-11-12-13-14-15-16-17-18-19-20-21-23-34-26-28(29,25-33-5)27-36-37(31,32)35-24-22-30(2,3)4/h6-27H2,1-5H3. The molecule has 37 heavy (non-hydrogen) atoms. The van der Waals surface area contributed by atoms with E-state index in [1.807, 2.05) is 21.1 Å². The Morgan fingerprint density at radius 3 is 1.59 bits per heavy atom. The number of methoxy groups -OCH3 is 1. The smallest absolute Gasteiger partial charge is 0.268 e. The van der Waals surface area contributed by atoms with Crippen LogP contribution in [-0.4, -0.2) is 78.0 Å². The van der Waals surface area contributed by atoms with Crippen LogP contribution in [0.25, 0.3) is 0 Å². The molecule has 0 bridgehead atoms. The second-order valence-corrected chi connectivity index (χ2v) is 12.9. The number of phosphoric ester groups is 1. The van der Waals surface area contributed by atoms with E-state index in [2.05, 4.69) is 6.92 Å². The largest absolute Gasteiger partial charge is 0.756 e. The van der Waals surface area contributed by atoms with Crippen molar-refractivity contribution < 1.29 is 36.9 Å². The number of hydrogen-bond donors (Lipinski definition) is 0. The molecule has 0 fully saturated rings. The van der Waals surface area contributed by atoms with Crippen molar-refractivity contribution in [3.8, 4) is 0 Å². The minimum absolute atomic E-state index is 0.0242. The zero-order chi connectivity index (χ0) is 27.9. The van der Waals surface area contributed by atoms with Crippen LogP contribution in [-0.2, 0) is 23.1 Å². The highest BCUT2D eigenvalue weighted by Gasteiger charge is 2.33. The quantitative estimate of drug-likeness (QED) is 0.0598. The van der Waals surface area contributed by atoms with Gasteiger partial charge >= 0.3 is 0 Å². The molecule has 0 aliphatic carbocycles. The van der Waals surface area contributed by atoms with Crippen molar-refractivity contribution in [2.24, 2.45) is 0 Å². The van der Waals surface area contributed by atoms with Crippen LogP contribution in [0.3, 0.4) is 0 Å². The molecule has 0 aromatic carbocycles. The van der Waals surface area contributed by atoms with Gasteiger partial charge in [0.2, 0.25) is 0 Å². The summed E-state index contributed by atoms with van der Waals surface area (Å²) in [6.45, 7) is 1.87. The molecule has 0 radical (unpaired) electrons. The Balaban J connectivity index is 3.74. The maximum atomic E-state index is 15.0. The van der Waals surface area contributed by atoms with Gasteiger partial charge < -0.3 is 27.9 Å². The van der Waals surface area contributed by atoms with Gasteiger partial charge in [-0.1, -0.05) is 103 Å². The monoisotopic (exact) mass is 555 g/mol. The van der Waals surface area contributed by atoms with Crippen LogP contribution >= 0.6 is 7.82 Å². The topological polar surface area (TPSA) is 77.1 Å². The lowest BCUT2D eigenvalue weighted by atomic mass is 10.0. The summed E-state index contributed by atoms with van der Waals surface area (Å²) in [5, 5.41) is 0. The average Bonchev–Trinajstić information content (AvgIpc) is 2.81. The van der Waals surface area contributed by atoms with Crippen molar-refractivity contribution in [3.63, 3.8) is 0 Å². The SMILES string of the molecule is CCCCCCCCCCCCCCCCCCOCC(F)(COC)COP(=O)([O-])OCC[N+](C)(C)C. The van der Waals surface area contributed by atoms with Crippen LogP contribution in [0.15, 0.2) is 0 Å². The molecule has 0 spiro atoms. The predicted molar refractivity (Wildman–Crippen MR) is 148 cm³/mol. The molecular weight excluding hydrogens is 496 g/mol. The summed E-state index contributed by atoms with van der Waals surface area (Å²) in [6, 6.07) is 0. The van der Waals surface area contributed by atoms with Crippen molar-refractivity contribution in [1.82, 2.24) is 0 Å². The fraction of sp³-hybridized carbons (Fsp3) is 1.00. The number of nitrogens with zero attached hydrogens (tertiary/aromatic N) is 1. The Morgan fingerprint density at radius 1 is 0.703 bits per heavy atom. The lowest BCUT2D eigenvalue weighted by Gasteiger charge is -2.30. The molecule has 0 aliphatic rings. The van der Waals surface area contributed by atoms with Gasteiger partial charge in [-0.05, 0) is 6.42 Å². The number of halogens is 1. The highest BCUT2D eigenvalue weighted by Crippen LogP contribution is 2.39. The second kappa shape index (κ2) is 22.7. The van der Waals surface area contributed by atoms with E-state index in [4.69, 9.17) is 18.5 Å². The van der Waals surface area contributed by atoms with Crippen LogP contribution in [0.1, 0.15) is 110 Å². The van der Waals surface area contributed by atoms with Crippen molar-refractivity contribution >= 4 is 7.82 Å². The van der Waals surface area contributed by atoms with E-state index in [-0.39, 0.29) is 19.8 Å². The van der Waals surface area contributed by atoms with E-state index in [1.165, 1.54) is 90.6 Å². The summed E-state index contributed by atoms with van der Waals surface area (Å²) in [7, 11) is 2.53. The predicted octanol–water partition coefficient (Wildman–Crippen LogP) is 6.83. The summed E-state index contributed by atoms with van der Waals surface area (Å²) < 4.78 is 47.6. The molecule has 0 N–H and O–H groups in total. The molecule has 9 heteroatoms. The minimum atomic E-state index is -4.59. The van der Waals surface area contributed by atoms with Crippen LogP contribution in [0.2, 0.25) is 0 Å². The summed E-state index contributed by atoms with van der Waals surface area (Å²) >= 11 is 0. The third-order valence-electron chi connectivity index (χ3n) is 6.40. The normalized spacial score (nSPS) is 15.5. The van der Waals surface area contributed by atoms with Crippen molar-refractivity contribution in [1.29, 1.82) is 0 Å². The van der Waals surface area contributed by atoms with E-state index in [1.54, 1.807) is 0 Å². The van der Waals surface area contributed by atoms with Crippen LogP contribution in [0, 0.1) is 0 Å². The van der Waals surface area contributed by atoms with Gasteiger partial charge in [-0.2, -0.15) is 0 Å². The van der Waals surface area contributed by atoms with Gasteiger partial charge in [-0.25, -0.2) is 4.39 Å². The van der Waals surface area contributed by atoms with Gasteiger partial charge in [0.1, 0.15) is 13.2 Å². The first-order valence-electron chi connectivity index (χ1n) is 14.7. The van der Waals surface area contributed by atoms with Crippen molar-refractivity contribution in [3.05, 3.63) is 0 Å². The molecule has 7 nitrogen and oxygen atoms in total. The fourth-order valence-electron chi connectivity index (χ4n) is 4.05. The fourth-order valence-corrected chi connectivity index (χ4v) is 4.82. The lowest BCUT2D eigenvalue weighted by Crippen LogP contribution is -2.40. The van der Waals surface area contributed by atoms with Gasteiger partial charge in [0.05, 0.1) is 41.0 Å². The number of alkyl halides is 1. The number of rotatable bonds is 28. The number of quaternary nitrogens is 1. The van der Waals surface area contributed by atoms with E-state index in [0.717, 1.165) is 19.3 Å². The number of phosphoric acid groups is 1. The molecule has 224 valence electrons. The van der Waals surface area contributed by atoms with Gasteiger partial charge in [0, 0.05) is 13.7 Å². The summed E-state index contributed by atoms with van der Waals surface area (Å²) in [6.07, 6.45) is 20.7. The summed E-state index contributed by atoms with van der Waals surface area (Å²) in [5.41, 5.74) is -2.05. The third kappa shape index (κ3) is 25.9. The molecule has 0 heterocycles. The maximum absolute atomic E-state index is 15.0. The van der Waals surface area contributed by atoms with E-state index < -0.39 is 20.1 Å². The first kappa shape index (κ1) is 36.9. The zero-order valence-corrected chi connectivity index (χ0v) is 25.7. The first-order valence-corrected chi connectivity index (χ1v) is 16.2. The van der Waals surface area contributed by atoms with Gasteiger partial charge in [0.15, 0.2) is 5.67 Å². The van der Waals surface area contributed by atoms with Crippen LogP contribution in [0.5, 0.6) is 0 Å². The third-order valence-corrected chi connectivity index (χ3v) is 7.34. The Hall–Kier alpha value is -0.0800. The van der Waals surface area contributed by atoms with Gasteiger partial charge in [0.25, 0.3) is 7.82 Å². The average molecular weight is 556 g/mol. The molecule has 0 saturated heterocycles. The highest BCUT2D eigenvalue weighted by atomic mass is 31.2. The van der Waals surface area contributed by atoms with E-state index in [0.29, 0.717) is 17.6 Å². The number of ether oxygens (including phenoxy) is 2. The van der Waals surface area contributed by atoms with Gasteiger partial charge in [-0.15, -0.1) is 0 Å². The highest BCUT2D eigenvalue weighted by molar-refractivity contribution is 7.45. The molecule has 0 aliphatic heterocycles. The number of unbranched alkanes of at least 4 members (excludes halogenated alkanes) is 15. The Kier molecular flexibility index (Phi) is 22.7. The molecule has 0 aromatic heterocycles. The summed E-state index contributed by atoms with van der Waals surface area (Å²) in [5.74, 6) is 0. The van der Waals surface area contributed by atoms with Crippen molar-refractivity contribution in [2.45, 2.75) is 115 Å². The molecular formula is C28H59FNO6P.